The Morgan fingerprint density at radius 2 is 1.66 bits per heavy atom. The van der Waals surface area contributed by atoms with Gasteiger partial charge in [0.05, 0.1) is 0 Å². The van der Waals surface area contributed by atoms with Gasteiger partial charge in [0.15, 0.2) is 0 Å². The molecule has 2 aromatic carbocycles. The van der Waals surface area contributed by atoms with Crippen LogP contribution in [-0.4, -0.2) is 53.7 Å². The number of carbonyl (C=O) groups excluding carboxylic acids is 2. The molecule has 0 heterocycles. The van der Waals surface area contributed by atoms with E-state index in [0.29, 0.717) is 6.54 Å². The van der Waals surface area contributed by atoms with Gasteiger partial charge in [0.1, 0.15) is 13.2 Å². The molecule has 32 heavy (non-hydrogen) atoms. The molecule has 7 nitrogen and oxygen atoms in total. The first-order valence-electron chi connectivity index (χ1n) is 11.1. The van der Waals surface area contributed by atoms with Gasteiger partial charge >= 0.3 is 12.1 Å². The minimum Gasteiger partial charge on any atom is -0.480 e. The number of nitrogens with zero attached hydrogens (tertiary/aromatic N) is 1. The lowest BCUT2D eigenvalue weighted by Crippen LogP contribution is -2.43. The smallest absolute Gasteiger partial charge is 0.407 e. The molecule has 2 amide bonds. The molecule has 4 rings (SSSR count). The van der Waals surface area contributed by atoms with Crippen LogP contribution < -0.4 is 5.32 Å². The van der Waals surface area contributed by atoms with Crippen molar-refractivity contribution in [1.29, 1.82) is 0 Å². The Balaban J connectivity index is 1.38. The third-order valence-corrected chi connectivity index (χ3v) is 6.29. The summed E-state index contributed by atoms with van der Waals surface area (Å²) in [5.41, 5.74) is 4.61. The van der Waals surface area contributed by atoms with Gasteiger partial charge in [0.25, 0.3) is 0 Å². The minimum absolute atomic E-state index is 0.0275. The fourth-order valence-electron chi connectivity index (χ4n) is 4.48. The van der Waals surface area contributed by atoms with E-state index in [-0.39, 0.29) is 43.4 Å². The number of ether oxygens (including phenoxy) is 1. The molecule has 0 spiro atoms. The maximum Gasteiger partial charge on any atom is 0.407 e. The number of aliphatic carboxylic acids is 1. The normalized spacial score (nSPS) is 15.4. The summed E-state index contributed by atoms with van der Waals surface area (Å²) >= 11 is 0. The van der Waals surface area contributed by atoms with Gasteiger partial charge in [-0.25, -0.2) is 4.79 Å². The van der Waals surface area contributed by atoms with E-state index >= 15 is 0 Å². The number of carboxylic acids is 1. The molecule has 1 fully saturated rings. The van der Waals surface area contributed by atoms with Crippen LogP contribution in [0.4, 0.5) is 4.79 Å². The first-order valence-corrected chi connectivity index (χ1v) is 11.1. The van der Waals surface area contributed by atoms with Crippen LogP contribution in [-0.2, 0) is 14.3 Å². The van der Waals surface area contributed by atoms with E-state index in [1.165, 1.54) is 4.90 Å². The van der Waals surface area contributed by atoms with E-state index in [0.717, 1.165) is 35.1 Å². The van der Waals surface area contributed by atoms with E-state index in [9.17, 15) is 14.4 Å². The first-order chi connectivity index (χ1) is 15.5. The summed E-state index contributed by atoms with van der Waals surface area (Å²) in [6.07, 6.45) is 1.41. The lowest BCUT2D eigenvalue weighted by molar-refractivity contribution is -0.144. The predicted octanol–water partition coefficient (Wildman–Crippen LogP) is 3.63. The summed E-state index contributed by atoms with van der Waals surface area (Å²) in [5.74, 6) is -1.12. The Bertz CT molecular complexity index is 971. The number of fused-ring (bicyclic) bond motifs is 3. The Labute approximate surface area is 187 Å². The van der Waals surface area contributed by atoms with E-state index < -0.39 is 12.1 Å². The fourth-order valence-corrected chi connectivity index (χ4v) is 4.48. The van der Waals surface area contributed by atoms with Crippen molar-refractivity contribution in [2.45, 2.75) is 38.1 Å². The van der Waals surface area contributed by atoms with Crippen LogP contribution in [0.25, 0.3) is 11.1 Å². The Morgan fingerprint density at radius 3 is 2.19 bits per heavy atom. The van der Waals surface area contributed by atoms with Crippen LogP contribution >= 0.6 is 0 Å². The first kappa shape index (κ1) is 21.9. The molecule has 0 radical (unpaired) electrons. The lowest BCUT2D eigenvalue weighted by Gasteiger charge is -2.23. The fraction of sp³-hybridized carbons (Fsp3) is 0.400. The zero-order valence-corrected chi connectivity index (χ0v) is 18.1. The average molecular weight is 437 g/mol. The van der Waals surface area contributed by atoms with Crippen molar-refractivity contribution in [1.82, 2.24) is 10.2 Å². The van der Waals surface area contributed by atoms with Gasteiger partial charge in [-0.2, -0.15) is 0 Å². The molecule has 1 unspecified atom stereocenters. The highest BCUT2D eigenvalue weighted by atomic mass is 16.5. The van der Waals surface area contributed by atoms with Crippen molar-refractivity contribution < 1.29 is 24.2 Å². The number of carbonyl (C=O) groups is 3. The molecule has 2 aliphatic carbocycles. The van der Waals surface area contributed by atoms with Crippen LogP contribution in [0.3, 0.4) is 0 Å². The number of nitrogens with one attached hydrogen (secondary N) is 1. The highest BCUT2D eigenvalue weighted by molar-refractivity contribution is 5.82. The zero-order valence-electron chi connectivity index (χ0n) is 18.1. The Kier molecular flexibility index (Phi) is 6.44. The molecule has 0 saturated heterocycles. The topological polar surface area (TPSA) is 95.9 Å². The molecule has 1 atom stereocenters. The van der Waals surface area contributed by atoms with Crippen molar-refractivity contribution in [3.05, 3.63) is 59.7 Å². The molecule has 2 aromatic rings. The molecule has 0 aromatic heterocycles. The monoisotopic (exact) mass is 436 g/mol. The molecule has 0 aliphatic heterocycles. The molecule has 2 aliphatic rings. The van der Waals surface area contributed by atoms with Crippen molar-refractivity contribution in [2.75, 3.05) is 19.7 Å². The summed E-state index contributed by atoms with van der Waals surface area (Å²) in [4.78, 5) is 37.4. The van der Waals surface area contributed by atoms with Crippen molar-refractivity contribution in [3.63, 3.8) is 0 Å². The van der Waals surface area contributed by atoms with E-state index in [4.69, 9.17) is 9.84 Å². The van der Waals surface area contributed by atoms with Crippen LogP contribution in [0.15, 0.2) is 48.5 Å². The predicted molar refractivity (Wildman–Crippen MR) is 119 cm³/mol. The van der Waals surface area contributed by atoms with Gasteiger partial charge in [0.2, 0.25) is 5.91 Å². The maximum atomic E-state index is 12.6. The molecular weight excluding hydrogens is 408 g/mol. The maximum absolute atomic E-state index is 12.6. The molecule has 168 valence electrons. The van der Waals surface area contributed by atoms with Crippen LogP contribution in [0.1, 0.15) is 43.2 Å². The van der Waals surface area contributed by atoms with Gasteiger partial charge in [-0.3, -0.25) is 9.59 Å². The van der Waals surface area contributed by atoms with Crippen LogP contribution in [0, 0.1) is 5.92 Å². The third kappa shape index (κ3) is 4.77. The SMILES string of the molecule is CCN(CC(=O)O)C(=O)CC(NC(=O)OCC1c2ccccc2-c2ccccc21)C1CC1. The zero-order chi connectivity index (χ0) is 22.7. The van der Waals surface area contributed by atoms with Crippen molar-refractivity contribution in [3.8, 4) is 11.1 Å². The second-order valence-electron chi connectivity index (χ2n) is 8.42. The van der Waals surface area contributed by atoms with E-state index in [1.807, 2.05) is 24.3 Å². The largest absolute Gasteiger partial charge is 0.480 e. The average Bonchev–Trinajstić information content (AvgIpc) is 3.58. The summed E-state index contributed by atoms with van der Waals surface area (Å²) in [7, 11) is 0. The summed E-state index contributed by atoms with van der Waals surface area (Å²) in [6, 6.07) is 15.9. The molecule has 0 bridgehead atoms. The van der Waals surface area contributed by atoms with Crippen molar-refractivity contribution >= 4 is 18.0 Å². The molecular formula is C25H28N2O5. The Hall–Kier alpha value is -3.35. The number of carboxylic acid groups (broad SMARTS) is 1. The second-order valence-corrected chi connectivity index (χ2v) is 8.42. The van der Waals surface area contributed by atoms with Gasteiger partial charge in [0, 0.05) is 24.9 Å². The summed E-state index contributed by atoms with van der Waals surface area (Å²) < 4.78 is 5.61. The van der Waals surface area contributed by atoms with Gasteiger partial charge in [-0.05, 0) is 47.9 Å². The molecule has 1 saturated carbocycles. The van der Waals surface area contributed by atoms with Gasteiger partial charge < -0.3 is 20.1 Å². The number of hydrogen-bond acceptors (Lipinski definition) is 4. The minimum atomic E-state index is -1.05. The molecule has 2 N–H and O–H groups in total. The van der Waals surface area contributed by atoms with Crippen LogP contribution in [0.2, 0.25) is 0 Å². The number of alkyl carbamates (subject to hydrolysis) is 1. The van der Waals surface area contributed by atoms with Gasteiger partial charge in [-0.15, -0.1) is 0 Å². The lowest BCUT2D eigenvalue weighted by atomic mass is 9.98. The molecule has 7 heteroatoms. The number of rotatable bonds is 9. The highest BCUT2D eigenvalue weighted by Crippen LogP contribution is 2.44. The van der Waals surface area contributed by atoms with Crippen molar-refractivity contribution in [2.24, 2.45) is 5.92 Å². The van der Waals surface area contributed by atoms with Gasteiger partial charge in [-0.1, -0.05) is 48.5 Å². The number of likely N-dealkylation sites (N-methyl/N-ethyl adjacent to an activating group) is 1. The standard InChI is InChI=1S/C25H28N2O5/c1-2-27(14-24(29)30)23(28)13-22(16-11-12-16)26-25(31)32-15-21-19-9-5-3-7-17(19)18-8-4-6-10-20(18)21/h3-10,16,21-22H,2,11-15H2,1H3,(H,26,31)(H,29,30). The van der Waals surface area contributed by atoms with Crippen LogP contribution in [0.5, 0.6) is 0 Å². The number of benzene rings is 2. The third-order valence-electron chi connectivity index (χ3n) is 6.29. The highest BCUT2D eigenvalue weighted by Gasteiger charge is 2.36. The quantitative estimate of drug-likeness (QED) is 0.626. The second kappa shape index (κ2) is 9.42. The summed E-state index contributed by atoms with van der Waals surface area (Å²) in [5, 5.41) is 11.9. The summed E-state index contributed by atoms with van der Waals surface area (Å²) in [6.45, 7) is 1.93. The van der Waals surface area contributed by atoms with E-state index in [2.05, 4.69) is 29.6 Å². The van der Waals surface area contributed by atoms with E-state index in [1.54, 1.807) is 6.92 Å². The number of hydrogen-bond donors (Lipinski definition) is 2. The Morgan fingerprint density at radius 1 is 1.06 bits per heavy atom. The number of amides is 2.